The van der Waals surface area contributed by atoms with Gasteiger partial charge in [0.15, 0.2) is 5.82 Å². The Labute approximate surface area is 244 Å². The summed E-state index contributed by atoms with van der Waals surface area (Å²) in [4.78, 5) is 34.2. The average molecular weight is 589 g/mol. The zero-order chi connectivity index (χ0) is 30.0. The fourth-order valence-electron chi connectivity index (χ4n) is 5.19. The van der Waals surface area contributed by atoms with Crippen LogP contribution in [0.5, 0.6) is 0 Å². The highest BCUT2D eigenvalue weighted by atomic mass is 35.5. The molecular weight excluding hydrogens is 563 g/mol. The van der Waals surface area contributed by atoms with Crippen LogP contribution in [0.1, 0.15) is 37.5 Å². The van der Waals surface area contributed by atoms with Gasteiger partial charge in [-0.1, -0.05) is 29.8 Å². The molecule has 13 heteroatoms. The molecule has 0 saturated heterocycles. The van der Waals surface area contributed by atoms with Gasteiger partial charge in [0.1, 0.15) is 28.6 Å². The molecule has 0 saturated carbocycles. The van der Waals surface area contributed by atoms with Gasteiger partial charge in [0.2, 0.25) is 5.91 Å². The first kappa shape index (κ1) is 27.3. The van der Waals surface area contributed by atoms with E-state index in [1.807, 2.05) is 0 Å². The van der Waals surface area contributed by atoms with Gasteiger partial charge in [0.25, 0.3) is 0 Å². The number of nitrogens with one attached hydrogen (secondary N) is 1. The van der Waals surface area contributed by atoms with Crippen LogP contribution in [0.3, 0.4) is 0 Å². The van der Waals surface area contributed by atoms with Crippen LogP contribution in [0.15, 0.2) is 54.9 Å². The molecule has 1 amide bonds. The number of nitrogens with zero attached hydrogens (tertiary/aromatic N) is 6. The summed E-state index contributed by atoms with van der Waals surface area (Å²) in [6, 6.07) is 11.6. The molecule has 4 N–H and O–H groups in total. The number of amides is 1. The summed E-state index contributed by atoms with van der Waals surface area (Å²) in [7, 11) is 0. The lowest BCUT2D eigenvalue weighted by atomic mass is 9.79. The average Bonchev–Trinajstić information content (AvgIpc) is 3.60. The fourth-order valence-corrected chi connectivity index (χ4v) is 5.36. The first-order chi connectivity index (χ1) is 19.9. The molecule has 0 radical (unpaired) electrons. The van der Waals surface area contributed by atoms with E-state index in [2.05, 4.69) is 20.4 Å². The molecule has 0 spiro atoms. The standard InChI is InChI=1S/C29H26ClFN8O3/c1-28(2,27(41)42)14-38-13-16(11-33-38)29(3)21-23(32)34-25(35-24(21)36-26(29)40)22-18-9-8-17(30)10-20(18)39(37-22)12-15-6-4-5-7-19(15)31/h4-11,13H,12,14H2,1-3H3,(H,41,42)(H3,32,34,35,36,40). The number of carbonyl (C=O) groups excluding carboxylic acids is 1. The summed E-state index contributed by atoms with van der Waals surface area (Å²) >= 11 is 6.29. The van der Waals surface area contributed by atoms with Gasteiger partial charge in [-0.3, -0.25) is 19.0 Å². The lowest BCUT2D eigenvalue weighted by molar-refractivity contribution is -0.147. The normalized spacial score (nSPS) is 16.5. The molecule has 5 aromatic rings. The van der Waals surface area contributed by atoms with Crippen LogP contribution in [0.25, 0.3) is 22.4 Å². The Morgan fingerprint density at radius 1 is 1.21 bits per heavy atom. The number of hydrogen-bond donors (Lipinski definition) is 3. The molecule has 1 aliphatic rings. The molecule has 4 heterocycles. The molecule has 0 aliphatic carbocycles. The van der Waals surface area contributed by atoms with E-state index in [4.69, 9.17) is 22.4 Å². The van der Waals surface area contributed by atoms with Gasteiger partial charge in [0.05, 0.1) is 35.8 Å². The van der Waals surface area contributed by atoms with Crippen molar-refractivity contribution in [1.82, 2.24) is 29.5 Å². The van der Waals surface area contributed by atoms with Crippen molar-refractivity contribution in [3.8, 4) is 11.5 Å². The molecule has 1 atom stereocenters. The number of carboxylic acid groups (broad SMARTS) is 1. The maximum atomic E-state index is 14.5. The number of carboxylic acids is 1. The van der Waals surface area contributed by atoms with Crippen LogP contribution in [0, 0.1) is 11.2 Å². The summed E-state index contributed by atoms with van der Waals surface area (Å²) < 4.78 is 17.6. The Morgan fingerprint density at radius 2 is 1.98 bits per heavy atom. The Hall–Kier alpha value is -4.84. The van der Waals surface area contributed by atoms with Gasteiger partial charge < -0.3 is 16.2 Å². The molecular formula is C29H26ClFN8O3. The summed E-state index contributed by atoms with van der Waals surface area (Å²) in [6.07, 6.45) is 3.15. The van der Waals surface area contributed by atoms with Gasteiger partial charge in [-0.05, 0) is 45.0 Å². The maximum Gasteiger partial charge on any atom is 0.310 e. The van der Waals surface area contributed by atoms with Crippen LogP contribution in [0.4, 0.5) is 16.0 Å². The van der Waals surface area contributed by atoms with Crippen molar-refractivity contribution in [1.29, 1.82) is 0 Å². The number of aliphatic carboxylic acids is 1. The van der Waals surface area contributed by atoms with Crippen LogP contribution in [0.2, 0.25) is 5.02 Å². The van der Waals surface area contributed by atoms with Gasteiger partial charge in [-0.25, -0.2) is 14.4 Å². The predicted octanol–water partition coefficient (Wildman–Crippen LogP) is 4.48. The van der Waals surface area contributed by atoms with E-state index >= 15 is 0 Å². The molecule has 0 fully saturated rings. The molecule has 214 valence electrons. The molecule has 11 nitrogen and oxygen atoms in total. The number of halogens is 2. The highest BCUT2D eigenvalue weighted by Crippen LogP contribution is 2.45. The molecule has 6 rings (SSSR count). The SMILES string of the molecule is CC(C)(Cn1cc(C2(C)C(=O)Nc3nc(-c4nn(Cc5ccccc5F)c5cc(Cl)ccc45)nc(N)c32)cn1)C(=O)O. The lowest BCUT2D eigenvalue weighted by Crippen LogP contribution is -2.33. The molecule has 3 aromatic heterocycles. The van der Waals surface area contributed by atoms with E-state index in [0.29, 0.717) is 38.3 Å². The number of hydrogen-bond acceptors (Lipinski definition) is 7. The maximum absolute atomic E-state index is 14.5. The van der Waals surface area contributed by atoms with Gasteiger partial charge in [-0.2, -0.15) is 10.2 Å². The largest absolute Gasteiger partial charge is 0.481 e. The number of carbonyl (C=O) groups is 2. The number of aromatic nitrogens is 6. The van der Waals surface area contributed by atoms with E-state index in [9.17, 15) is 19.1 Å². The van der Waals surface area contributed by atoms with E-state index in [-0.39, 0.29) is 42.3 Å². The third kappa shape index (κ3) is 4.35. The van der Waals surface area contributed by atoms with E-state index < -0.39 is 16.8 Å². The number of benzene rings is 2. The van der Waals surface area contributed by atoms with Crippen molar-refractivity contribution in [3.05, 3.63) is 82.4 Å². The minimum atomic E-state index is -1.27. The van der Waals surface area contributed by atoms with Crippen molar-refractivity contribution >= 4 is 46.0 Å². The summed E-state index contributed by atoms with van der Waals surface area (Å²) in [5.74, 6) is -1.23. The van der Waals surface area contributed by atoms with Crippen molar-refractivity contribution in [2.45, 2.75) is 39.3 Å². The monoisotopic (exact) mass is 588 g/mol. The van der Waals surface area contributed by atoms with E-state index in [0.717, 1.165) is 0 Å². The van der Waals surface area contributed by atoms with Gasteiger partial charge in [-0.15, -0.1) is 0 Å². The van der Waals surface area contributed by atoms with Crippen LogP contribution in [-0.4, -0.2) is 46.5 Å². The number of nitrogens with two attached hydrogens (primary N) is 1. The smallest absolute Gasteiger partial charge is 0.310 e. The summed E-state index contributed by atoms with van der Waals surface area (Å²) in [5, 5.41) is 22.5. The third-order valence-corrected chi connectivity index (χ3v) is 7.91. The zero-order valence-electron chi connectivity index (χ0n) is 22.9. The Balaban J connectivity index is 1.42. The van der Waals surface area contributed by atoms with Gasteiger partial charge in [0, 0.05) is 27.7 Å². The Kier molecular flexibility index (Phi) is 6.26. The molecule has 1 unspecified atom stereocenters. The first-order valence-corrected chi connectivity index (χ1v) is 13.4. The quantitative estimate of drug-likeness (QED) is 0.251. The van der Waals surface area contributed by atoms with Crippen molar-refractivity contribution < 1.29 is 19.1 Å². The van der Waals surface area contributed by atoms with Crippen LogP contribution >= 0.6 is 11.6 Å². The fraction of sp³-hybridized carbons (Fsp3) is 0.241. The highest BCUT2D eigenvalue weighted by Gasteiger charge is 2.48. The predicted molar refractivity (Wildman–Crippen MR) is 154 cm³/mol. The van der Waals surface area contributed by atoms with Crippen LogP contribution in [-0.2, 0) is 28.1 Å². The third-order valence-electron chi connectivity index (χ3n) is 7.67. The number of rotatable bonds is 7. The highest BCUT2D eigenvalue weighted by molar-refractivity contribution is 6.31. The second-order valence-corrected chi connectivity index (χ2v) is 11.5. The molecule has 0 bridgehead atoms. The van der Waals surface area contributed by atoms with E-state index in [1.54, 1.807) is 68.0 Å². The minimum absolute atomic E-state index is 0.0697. The summed E-state index contributed by atoms with van der Waals surface area (Å²) in [6.45, 7) is 5.13. The summed E-state index contributed by atoms with van der Waals surface area (Å²) in [5.41, 5.74) is 6.52. The lowest BCUT2D eigenvalue weighted by Gasteiger charge is -2.22. The second-order valence-electron chi connectivity index (χ2n) is 11.1. The minimum Gasteiger partial charge on any atom is -0.481 e. The first-order valence-electron chi connectivity index (χ1n) is 13.0. The molecule has 2 aromatic carbocycles. The van der Waals surface area contributed by atoms with Gasteiger partial charge >= 0.3 is 5.97 Å². The molecule has 42 heavy (non-hydrogen) atoms. The van der Waals surface area contributed by atoms with Crippen molar-refractivity contribution in [2.75, 3.05) is 11.1 Å². The Morgan fingerprint density at radius 3 is 2.71 bits per heavy atom. The number of fused-ring (bicyclic) bond motifs is 2. The Bertz CT molecular complexity index is 1920. The zero-order valence-corrected chi connectivity index (χ0v) is 23.6. The molecule has 1 aliphatic heterocycles. The number of anilines is 2. The topological polar surface area (TPSA) is 154 Å². The van der Waals surface area contributed by atoms with Crippen LogP contribution < -0.4 is 11.1 Å². The second kappa shape index (κ2) is 9.62. The van der Waals surface area contributed by atoms with E-state index in [1.165, 1.54) is 16.9 Å². The van der Waals surface area contributed by atoms with Crippen molar-refractivity contribution in [2.24, 2.45) is 5.41 Å². The number of nitrogen functional groups attached to an aromatic ring is 1. The van der Waals surface area contributed by atoms with Crippen molar-refractivity contribution in [3.63, 3.8) is 0 Å².